The van der Waals surface area contributed by atoms with E-state index in [0.29, 0.717) is 30.0 Å². The van der Waals surface area contributed by atoms with Crippen LogP contribution in [0.15, 0.2) is 73.8 Å². The molecule has 0 aliphatic carbocycles. The van der Waals surface area contributed by atoms with Gasteiger partial charge in [-0.15, -0.1) is 24.9 Å². The topological polar surface area (TPSA) is 87.1 Å². The highest BCUT2D eigenvalue weighted by Crippen LogP contribution is 2.69. The third-order valence-corrected chi connectivity index (χ3v) is 11.8. The first-order chi connectivity index (χ1) is 21.2. The van der Waals surface area contributed by atoms with Crippen LogP contribution in [0, 0.1) is 24.7 Å². The molecule has 0 aromatic heterocycles. The summed E-state index contributed by atoms with van der Waals surface area (Å²) in [4.78, 5) is 46.7. The normalized spacial score (nSPS) is 27.6. The van der Waals surface area contributed by atoms with Gasteiger partial charge in [0.2, 0.25) is 5.91 Å². The Morgan fingerprint density at radius 2 is 1.95 bits per heavy atom. The number of likely N-dealkylation sites (tertiary alicyclic amines) is 1. The number of anilines is 1. The molecular formula is C35H41ClN2O5S. The van der Waals surface area contributed by atoms with E-state index in [4.69, 9.17) is 16.3 Å². The lowest BCUT2D eigenvalue weighted by molar-refractivity contribution is -0.155. The molecule has 44 heavy (non-hydrogen) atoms. The van der Waals surface area contributed by atoms with Crippen molar-refractivity contribution in [3.8, 4) is 0 Å². The third-order valence-electron chi connectivity index (χ3n) is 9.44. The monoisotopic (exact) mass is 636 g/mol. The fourth-order valence-corrected chi connectivity index (χ4v) is 10.3. The van der Waals surface area contributed by atoms with Gasteiger partial charge in [-0.3, -0.25) is 14.4 Å². The number of ether oxygens (including phenoxy) is 1. The number of aliphatic hydroxyl groups is 1. The van der Waals surface area contributed by atoms with Gasteiger partial charge in [0, 0.05) is 11.8 Å². The molecule has 234 valence electrons. The summed E-state index contributed by atoms with van der Waals surface area (Å²) in [5, 5.41) is 11.1. The molecule has 3 saturated heterocycles. The predicted molar refractivity (Wildman–Crippen MR) is 176 cm³/mol. The zero-order valence-electron chi connectivity index (χ0n) is 25.4. The molecular weight excluding hydrogens is 596 g/mol. The summed E-state index contributed by atoms with van der Waals surface area (Å²) in [6, 6.07) is 13.5. The number of nitrogens with zero attached hydrogens (tertiary/aromatic N) is 2. The van der Waals surface area contributed by atoms with Crippen LogP contribution in [0.25, 0.3) is 0 Å². The van der Waals surface area contributed by atoms with Gasteiger partial charge in [0.1, 0.15) is 6.04 Å². The minimum Gasteiger partial charge on any atom is -0.465 e. The van der Waals surface area contributed by atoms with Crippen molar-refractivity contribution in [2.24, 2.45) is 17.8 Å². The quantitative estimate of drug-likeness (QED) is 0.175. The van der Waals surface area contributed by atoms with Gasteiger partial charge < -0.3 is 19.6 Å². The van der Waals surface area contributed by atoms with E-state index in [1.165, 1.54) is 0 Å². The second-order valence-electron chi connectivity index (χ2n) is 12.1. The van der Waals surface area contributed by atoms with E-state index in [-0.39, 0.29) is 48.7 Å². The lowest BCUT2D eigenvalue weighted by atomic mass is 9.66. The Bertz CT molecular complexity index is 1400. The predicted octanol–water partition coefficient (Wildman–Crippen LogP) is 5.62. The summed E-state index contributed by atoms with van der Waals surface area (Å²) in [5.41, 5.74) is 2.32. The lowest BCUT2D eigenvalue weighted by Crippen LogP contribution is -2.59. The number of carbonyl (C=O) groups excluding carboxylic acids is 3. The molecule has 7 nitrogen and oxygen atoms in total. The van der Waals surface area contributed by atoms with Gasteiger partial charge in [0.05, 0.1) is 46.5 Å². The Morgan fingerprint density at radius 1 is 1.20 bits per heavy atom. The van der Waals surface area contributed by atoms with E-state index in [2.05, 4.69) is 20.1 Å². The van der Waals surface area contributed by atoms with Crippen LogP contribution < -0.4 is 4.90 Å². The molecule has 3 unspecified atom stereocenters. The molecule has 9 heteroatoms. The number of fused-ring (bicyclic) bond motifs is 1. The molecule has 7 atom stereocenters. The van der Waals surface area contributed by atoms with E-state index < -0.39 is 28.7 Å². The molecule has 2 aromatic carbocycles. The van der Waals surface area contributed by atoms with E-state index in [1.54, 1.807) is 39.8 Å². The number of aliphatic hydroxyl groups excluding tert-OH is 1. The fourth-order valence-electron chi connectivity index (χ4n) is 7.57. The average Bonchev–Trinajstić information content (AvgIpc) is 3.61. The first-order valence-corrected chi connectivity index (χ1v) is 16.6. The van der Waals surface area contributed by atoms with Crippen LogP contribution >= 0.6 is 23.4 Å². The van der Waals surface area contributed by atoms with E-state index in [0.717, 1.165) is 17.5 Å². The zero-order chi connectivity index (χ0) is 31.6. The Morgan fingerprint density at radius 3 is 2.61 bits per heavy atom. The maximum atomic E-state index is 15.1. The molecule has 3 fully saturated rings. The van der Waals surface area contributed by atoms with Crippen LogP contribution in [0.3, 0.4) is 0 Å². The maximum absolute atomic E-state index is 15.1. The molecule has 2 aromatic rings. The molecule has 1 N–H and O–H groups in total. The molecule has 3 aliphatic heterocycles. The molecule has 3 heterocycles. The highest BCUT2D eigenvalue weighted by Gasteiger charge is 2.77. The van der Waals surface area contributed by atoms with Gasteiger partial charge in [-0.05, 0) is 55.7 Å². The van der Waals surface area contributed by atoms with Crippen molar-refractivity contribution in [1.29, 1.82) is 0 Å². The first-order valence-electron chi connectivity index (χ1n) is 15.3. The number of hydrogen-bond donors (Lipinski definition) is 1. The molecule has 0 radical (unpaired) electrons. The Balaban J connectivity index is 1.61. The fraction of sp³-hybridized carbons (Fsp3) is 0.457. The SMILES string of the molecule is C=CCCCOC(=O)[C@@H]1[C@H]2C(=O)N([C@@H](CO)Cc3ccccc3)C(C(=O)N(CC=C)c3c(C)cccc3Cl)C23S[C@@H]1CC3C. The first kappa shape index (κ1) is 32.3. The van der Waals surface area contributed by atoms with E-state index >= 15 is 4.79 Å². The summed E-state index contributed by atoms with van der Waals surface area (Å²) in [6.07, 6.45) is 5.86. The number of para-hydroxylation sites is 1. The molecule has 2 bridgehead atoms. The summed E-state index contributed by atoms with van der Waals surface area (Å²) in [6.45, 7) is 11.7. The summed E-state index contributed by atoms with van der Waals surface area (Å²) in [5.74, 6) is -2.40. The van der Waals surface area contributed by atoms with Gasteiger partial charge in [-0.2, -0.15) is 0 Å². The third kappa shape index (κ3) is 5.50. The number of esters is 1. The number of carbonyl (C=O) groups is 3. The second-order valence-corrected chi connectivity index (χ2v) is 14.0. The smallest absolute Gasteiger partial charge is 0.310 e. The molecule has 5 rings (SSSR count). The van der Waals surface area contributed by atoms with Gasteiger partial charge in [0.25, 0.3) is 5.91 Å². The van der Waals surface area contributed by atoms with Crippen LogP contribution in [0.1, 0.15) is 37.3 Å². The maximum Gasteiger partial charge on any atom is 0.310 e. The number of halogens is 1. The van der Waals surface area contributed by atoms with Crippen LogP contribution in [0.5, 0.6) is 0 Å². The van der Waals surface area contributed by atoms with Crippen molar-refractivity contribution in [2.45, 2.75) is 61.6 Å². The number of rotatable bonds is 13. The van der Waals surface area contributed by atoms with Crippen molar-refractivity contribution in [3.63, 3.8) is 0 Å². The summed E-state index contributed by atoms with van der Waals surface area (Å²) >= 11 is 8.29. The molecule has 0 saturated carbocycles. The van der Waals surface area contributed by atoms with Gasteiger partial charge in [-0.1, -0.05) is 73.1 Å². The Hall–Kier alpha value is -3.07. The van der Waals surface area contributed by atoms with Crippen molar-refractivity contribution in [2.75, 3.05) is 24.7 Å². The van der Waals surface area contributed by atoms with Crippen molar-refractivity contribution in [1.82, 2.24) is 4.90 Å². The molecule has 3 aliphatic rings. The van der Waals surface area contributed by atoms with Crippen molar-refractivity contribution < 1.29 is 24.2 Å². The zero-order valence-corrected chi connectivity index (χ0v) is 26.9. The number of hydrogen-bond acceptors (Lipinski definition) is 6. The standard InChI is InChI=1S/C35H41ClN2O5S/c1-5-7-11-18-43-34(42)28-27-19-23(4)35(44-27)29(28)32(40)38(25(21-39)20-24-14-9-8-10-15-24)31(35)33(41)37(17-6-2)30-22(3)13-12-16-26(30)36/h5-6,8-10,12-16,23,25,27-29,31,39H,1-2,7,11,17-21H2,3-4H3/t23?,25-,27-,28+,29+,31?,35?/m1/s1. The second kappa shape index (κ2) is 13.5. The van der Waals surface area contributed by atoms with Gasteiger partial charge in [0.15, 0.2) is 0 Å². The largest absolute Gasteiger partial charge is 0.465 e. The van der Waals surface area contributed by atoms with E-state index in [9.17, 15) is 14.7 Å². The van der Waals surface area contributed by atoms with E-state index in [1.807, 2.05) is 49.4 Å². The van der Waals surface area contributed by atoms with Crippen molar-refractivity contribution in [3.05, 3.63) is 90.0 Å². The van der Waals surface area contributed by atoms with Gasteiger partial charge >= 0.3 is 5.97 Å². The van der Waals surface area contributed by atoms with Crippen molar-refractivity contribution >= 4 is 46.8 Å². The summed E-state index contributed by atoms with van der Waals surface area (Å²) in [7, 11) is 0. The van der Waals surface area contributed by atoms with Crippen LogP contribution in [0.2, 0.25) is 5.02 Å². The summed E-state index contributed by atoms with van der Waals surface area (Å²) < 4.78 is 4.85. The molecule has 2 amide bonds. The highest BCUT2D eigenvalue weighted by molar-refractivity contribution is 8.02. The minimum absolute atomic E-state index is 0.0378. The van der Waals surface area contributed by atoms with Crippen LogP contribution in [-0.2, 0) is 25.5 Å². The number of allylic oxidation sites excluding steroid dienone is 1. The Kier molecular flexibility index (Phi) is 9.93. The van der Waals surface area contributed by atoms with Crippen LogP contribution in [-0.4, -0.2) is 69.6 Å². The number of thioether (sulfide) groups is 1. The number of amides is 2. The lowest BCUT2D eigenvalue weighted by Gasteiger charge is -2.42. The molecule has 1 spiro atoms. The minimum atomic E-state index is -0.931. The number of benzene rings is 2. The number of unbranched alkanes of at least 4 members (excludes halogenated alkanes) is 1. The number of aryl methyl sites for hydroxylation is 1. The van der Waals surface area contributed by atoms with Gasteiger partial charge in [-0.25, -0.2) is 0 Å². The average molecular weight is 637 g/mol. The Labute approximate surface area is 269 Å². The highest BCUT2D eigenvalue weighted by atomic mass is 35.5. The van der Waals surface area contributed by atoms with Crippen LogP contribution in [0.4, 0.5) is 5.69 Å².